The van der Waals surface area contributed by atoms with Crippen LogP contribution in [0.2, 0.25) is 0 Å². The van der Waals surface area contributed by atoms with Gasteiger partial charge in [0.2, 0.25) is 0 Å². The maximum absolute atomic E-state index is 12.0. The van der Waals surface area contributed by atoms with Crippen molar-refractivity contribution >= 4 is 5.97 Å². The van der Waals surface area contributed by atoms with Gasteiger partial charge in [0.25, 0.3) is 0 Å². The molecule has 0 bridgehead atoms. The summed E-state index contributed by atoms with van der Waals surface area (Å²) in [4.78, 5) is 14.3. The Morgan fingerprint density at radius 1 is 1.35 bits per heavy atom. The molecule has 2 aliphatic rings. The van der Waals surface area contributed by atoms with Crippen molar-refractivity contribution < 1.29 is 9.53 Å². The Bertz CT molecular complexity index is 258. The van der Waals surface area contributed by atoms with Gasteiger partial charge in [0.05, 0.1) is 6.61 Å². The first-order valence-electron chi connectivity index (χ1n) is 6.87. The molecule has 0 aromatic rings. The van der Waals surface area contributed by atoms with E-state index in [1.807, 2.05) is 6.92 Å². The maximum atomic E-state index is 12.0. The van der Waals surface area contributed by atoms with Gasteiger partial charge in [0.15, 0.2) is 0 Å². The number of hydrogen-bond donors (Lipinski definition) is 1. The van der Waals surface area contributed by atoms with Crippen LogP contribution in [-0.4, -0.2) is 49.7 Å². The molecule has 2 aliphatic heterocycles. The molecule has 17 heavy (non-hydrogen) atoms. The highest BCUT2D eigenvalue weighted by atomic mass is 16.5. The van der Waals surface area contributed by atoms with E-state index in [0.717, 1.165) is 50.9 Å². The van der Waals surface area contributed by atoms with E-state index in [2.05, 4.69) is 17.1 Å². The Morgan fingerprint density at radius 3 is 2.53 bits per heavy atom. The summed E-state index contributed by atoms with van der Waals surface area (Å²) in [6.07, 6.45) is 1.96. The Balaban J connectivity index is 1.94. The first kappa shape index (κ1) is 12.8. The number of rotatable bonds is 5. The third-order valence-electron chi connectivity index (χ3n) is 3.98. The molecule has 4 nitrogen and oxygen atoms in total. The van der Waals surface area contributed by atoms with Crippen molar-refractivity contribution in [2.75, 3.05) is 32.8 Å². The van der Waals surface area contributed by atoms with Gasteiger partial charge < -0.3 is 10.1 Å². The number of carbonyl (C=O) groups excluding carboxylic acids is 1. The fraction of sp³-hybridized carbons (Fsp3) is 0.923. The predicted molar refractivity (Wildman–Crippen MR) is 66.8 cm³/mol. The van der Waals surface area contributed by atoms with Gasteiger partial charge in [-0.25, -0.2) is 0 Å². The largest absolute Gasteiger partial charge is 0.465 e. The van der Waals surface area contributed by atoms with Crippen LogP contribution in [-0.2, 0) is 9.53 Å². The molecule has 0 amide bonds. The minimum atomic E-state index is -0.0257. The van der Waals surface area contributed by atoms with Gasteiger partial charge >= 0.3 is 5.97 Å². The van der Waals surface area contributed by atoms with Crippen LogP contribution in [0, 0.1) is 11.8 Å². The zero-order valence-corrected chi connectivity index (χ0v) is 10.9. The SMILES string of the molecule is CCCC(C(=O)OCC)N1CC2CNCC2C1. The number of nitrogens with one attached hydrogen (secondary N) is 1. The molecule has 1 N–H and O–H groups in total. The highest BCUT2D eigenvalue weighted by Crippen LogP contribution is 2.29. The minimum absolute atomic E-state index is 0.00875. The summed E-state index contributed by atoms with van der Waals surface area (Å²) >= 11 is 0. The van der Waals surface area contributed by atoms with Crippen molar-refractivity contribution in [2.45, 2.75) is 32.7 Å². The summed E-state index contributed by atoms with van der Waals surface area (Å²) in [7, 11) is 0. The topological polar surface area (TPSA) is 41.6 Å². The van der Waals surface area contributed by atoms with Crippen molar-refractivity contribution in [1.82, 2.24) is 10.2 Å². The van der Waals surface area contributed by atoms with E-state index >= 15 is 0 Å². The number of nitrogens with zero attached hydrogens (tertiary/aromatic N) is 1. The summed E-state index contributed by atoms with van der Waals surface area (Å²) < 4.78 is 5.19. The molecule has 0 radical (unpaired) electrons. The van der Waals surface area contributed by atoms with Crippen LogP contribution in [0.15, 0.2) is 0 Å². The van der Waals surface area contributed by atoms with E-state index < -0.39 is 0 Å². The fourth-order valence-corrected chi connectivity index (χ4v) is 3.11. The standard InChI is InChI=1S/C13H24N2O2/c1-3-5-12(13(16)17-4-2)15-8-10-6-14-7-11(10)9-15/h10-12,14H,3-9H2,1-2H3. The lowest BCUT2D eigenvalue weighted by Gasteiger charge is -2.26. The average molecular weight is 240 g/mol. The summed E-state index contributed by atoms with van der Waals surface area (Å²) in [6.45, 7) is 8.84. The molecule has 2 rings (SSSR count). The second-order valence-electron chi connectivity index (χ2n) is 5.19. The molecule has 2 heterocycles. The van der Waals surface area contributed by atoms with Crippen molar-refractivity contribution in [2.24, 2.45) is 11.8 Å². The monoisotopic (exact) mass is 240 g/mol. The first-order valence-corrected chi connectivity index (χ1v) is 6.87. The van der Waals surface area contributed by atoms with Crippen molar-refractivity contribution in [3.63, 3.8) is 0 Å². The van der Waals surface area contributed by atoms with Gasteiger partial charge in [0.1, 0.15) is 6.04 Å². The number of hydrogen-bond acceptors (Lipinski definition) is 4. The zero-order valence-electron chi connectivity index (χ0n) is 10.9. The lowest BCUT2D eigenvalue weighted by atomic mass is 10.0. The number of carbonyl (C=O) groups is 1. The summed E-state index contributed by atoms with van der Waals surface area (Å²) in [6, 6.07) is -0.00875. The van der Waals surface area contributed by atoms with E-state index in [0.29, 0.717) is 6.61 Å². The van der Waals surface area contributed by atoms with Crippen molar-refractivity contribution in [1.29, 1.82) is 0 Å². The minimum Gasteiger partial charge on any atom is -0.465 e. The molecule has 3 atom stereocenters. The van der Waals surface area contributed by atoms with Gasteiger partial charge in [-0.05, 0) is 38.3 Å². The second-order valence-corrected chi connectivity index (χ2v) is 5.19. The number of esters is 1. The van der Waals surface area contributed by atoms with Gasteiger partial charge in [-0.15, -0.1) is 0 Å². The van der Waals surface area contributed by atoms with Crippen molar-refractivity contribution in [3.8, 4) is 0 Å². The lowest BCUT2D eigenvalue weighted by molar-refractivity contribution is -0.149. The molecule has 0 saturated carbocycles. The van der Waals surface area contributed by atoms with E-state index in [-0.39, 0.29) is 12.0 Å². The third kappa shape index (κ3) is 2.80. The van der Waals surface area contributed by atoms with Crippen LogP contribution in [0.1, 0.15) is 26.7 Å². The highest BCUT2D eigenvalue weighted by molar-refractivity contribution is 5.75. The zero-order chi connectivity index (χ0) is 12.3. The number of likely N-dealkylation sites (tertiary alicyclic amines) is 1. The summed E-state index contributed by atoms with van der Waals surface area (Å²) in [5, 5.41) is 3.43. The fourth-order valence-electron chi connectivity index (χ4n) is 3.11. The molecule has 2 fully saturated rings. The molecule has 0 aliphatic carbocycles. The first-order chi connectivity index (χ1) is 8.26. The van der Waals surface area contributed by atoms with E-state index in [1.54, 1.807) is 0 Å². The predicted octanol–water partition coefficient (Wildman–Crippen LogP) is 0.869. The van der Waals surface area contributed by atoms with Crippen LogP contribution < -0.4 is 5.32 Å². The lowest BCUT2D eigenvalue weighted by Crippen LogP contribution is -2.42. The van der Waals surface area contributed by atoms with Gasteiger partial charge in [-0.3, -0.25) is 9.69 Å². The van der Waals surface area contributed by atoms with Gasteiger partial charge in [-0.2, -0.15) is 0 Å². The molecule has 0 spiro atoms. The molecule has 0 aromatic heterocycles. The Hall–Kier alpha value is -0.610. The van der Waals surface area contributed by atoms with Crippen LogP contribution in [0.5, 0.6) is 0 Å². The summed E-state index contributed by atoms with van der Waals surface area (Å²) in [5.74, 6) is 1.45. The van der Waals surface area contributed by atoms with Crippen LogP contribution in [0.3, 0.4) is 0 Å². The van der Waals surface area contributed by atoms with E-state index in [9.17, 15) is 4.79 Å². The van der Waals surface area contributed by atoms with Crippen LogP contribution >= 0.6 is 0 Å². The summed E-state index contributed by atoms with van der Waals surface area (Å²) in [5.41, 5.74) is 0. The quantitative estimate of drug-likeness (QED) is 0.724. The van der Waals surface area contributed by atoms with Crippen LogP contribution in [0.25, 0.3) is 0 Å². The van der Waals surface area contributed by atoms with Gasteiger partial charge in [0, 0.05) is 13.1 Å². The molecule has 98 valence electrons. The molecular formula is C13H24N2O2. The molecule has 4 heteroatoms. The molecule has 3 unspecified atom stereocenters. The highest BCUT2D eigenvalue weighted by Gasteiger charge is 2.40. The smallest absolute Gasteiger partial charge is 0.323 e. The van der Waals surface area contributed by atoms with Crippen molar-refractivity contribution in [3.05, 3.63) is 0 Å². The number of fused-ring (bicyclic) bond motifs is 1. The van der Waals surface area contributed by atoms with Crippen LogP contribution in [0.4, 0.5) is 0 Å². The van der Waals surface area contributed by atoms with E-state index in [1.165, 1.54) is 0 Å². The Kier molecular flexibility index (Phi) is 4.40. The molecular weight excluding hydrogens is 216 g/mol. The Morgan fingerprint density at radius 2 is 2.00 bits per heavy atom. The van der Waals surface area contributed by atoms with Gasteiger partial charge in [-0.1, -0.05) is 13.3 Å². The Labute approximate surface area is 104 Å². The number of ether oxygens (including phenoxy) is 1. The normalized spacial score (nSPS) is 30.2. The maximum Gasteiger partial charge on any atom is 0.323 e. The second kappa shape index (κ2) is 5.83. The van der Waals surface area contributed by atoms with E-state index in [4.69, 9.17) is 4.74 Å². The molecule has 0 aromatic carbocycles. The average Bonchev–Trinajstić information content (AvgIpc) is 2.86. The third-order valence-corrected chi connectivity index (χ3v) is 3.98. The molecule has 2 saturated heterocycles.